The van der Waals surface area contributed by atoms with E-state index in [1.54, 1.807) is 39.0 Å². The standard InChI is InChI=1S/C13H19NO3S/c1-5-10-17-11-6-8-12(9-7-11)18(15,16)14-13(2,3)4/h5-9,14H,1,10H2,2-4H3. The molecule has 1 rings (SSSR count). The predicted molar refractivity (Wildman–Crippen MR) is 72.2 cm³/mol. The van der Waals surface area contributed by atoms with E-state index in [2.05, 4.69) is 11.3 Å². The first kappa shape index (κ1) is 14.7. The van der Waals surface area contributed by atoms with Crippen LogP contribution in [0.3, 0.4) is 0 Å². The number of hydrogen-bond donors (Lipinski definition) is 1. The molecule has 0 saturated heterocycles. The van der Waals surface area contributed by atoms with Gasteiger partial charge in [-0.05, 0) is 45.0 Å². The van der Waals surface area contributed by atoms with Gasteiger partial charge in [-0.3, -0.25) is 0 Å². The van der Waals surface area contributed by atoms with Gasteiger partial charge in [-0.2, -0.15) is 0 Å². The van der Waals surface area contributed by atoms with Crippen LogP contribution in [0, 0.1) is 0 Å². The molecule has 0 atom stereocenters. The molecule has 1 aromatic rings. The molecule has 0 spiro atoms. The first-order valence-electron chi connectivity index (χ1n) is 5.62. The number of rotatable bonds is 5. The quantitative estimate of drug-likeness (QED) is 0.835. The van der Waals surface area contributed by atoms with Gasteiger partial charge in [0.2, 0.25) is 10.0 Å². The van der Waals surface area contributed by atoms with Crippen LogP contribution >= 0.6 is 0 Å². The minimum Gasteiger partial charge on any atom is -0.490 e. The smallest absolute Gasteiger partial charge is 0.241 e. The third kappa shape index (κ3) is 4.50. The number of ether oxygens (including phenoxy) is 1. The summed E-state index contributed by atoms with van der Waals surface area (Å²) in [5, 5.41) is 0. The van der Waals surface area contributed by atoms with Crippen LogP contribution in [0.2, 0.25) is 0 Å². The van der Waals surface area contributed by atoms with Gasteiger partial charge in [0.05, 0.1) is 4.90 Å². The fourth-order valence-electron chi connectivity index (χ4n) is 1.33. The van der Waals surface area contributed by atoms with E-state index in [0.717, 1.165) is 0 Å². The highest BCUT2D eigenvalue weighted by molar-refractivity contribution is 7.89. The van der Waals surface area contributed by atoms with E-state index in [1.807, 2.05) is 0 Å². The monoisotopic (exact) mass is 269 g/mol. The third-order valence-electron chi connectivity index (χ3n) is 1.94. The van der Waals surface area contributed by atoms with Crippen molar-refractivity contribution in [1.29, 1.82) is 0 Å². The van der Waals surface area contributed by atoms with Crippen molar-refractivity contribution in [3.63, 3.8) is 0 Å². The minimum absolute atomic E-state index is 0.225. The molecule has 1 aromatic carbocycles. The predicted octanol–water partition coefficient (Wildman–Crippen LogP) is 2.33. The normalized spacial score (nSPS) is 12.2. The highest BCUT2D eigenvalue weighted by atomic mass is 32.2. The SMILES string of the molecule is C=CCOc1ccc(S(=O)(=O)NC(C)(C)C)cc1. The zero-order valence-electron chi connectivity index (χ0n) is 10.9. The van der Waals surface area contributed by atoms with Crippen LogP contribution in [0.4, 0.5) is 0 Å². The highest BCUT2D eigenvalue weighted by Gasteiger charge is 2.21. The molecule has 0 saturated carbocycles. The Labute approximate surface area is 109 Å². The molecule has 0 amide bonds. The Bertz CT molecular complexity index is 498. The van der Waals surface area contributed by atoms with Crippen molar-refractivity contribution < 1.29 is 13.2 Å². The van der Waals surface area contributed by atoms with E-state index < -0.39 is 15.6 Å². The highest BCUT2D eigenvalue weighted by Crippen LogP contribution is 2.17. The molecule has 5 heteroatoms. The first-order chi connectivity index (χ1) is 8.24. The van der Waals surface area contributed by atoms with Crippen LogP contribution in [-0.2, 0) is 10.0 Å². The summed E-state index contributed by atoms with van der Waals surface area (Å²) in [5.41, 5.74) is -0.503. The lowest BCUT2D eigenvalue weighted by atomic mass is 10.1. The van der Waals surface area contributed by atoms with Gasteiger partial charge in [0, 0.05) is 5.54 Å². The van der Waals surface area contributed by atoms with Crippen LogP contribution in [0.15, 0.2) is 41.8 Å². The maximum absolute atomic E-state index is 12.0. The van der Waals surface area contributed by atoms with Crippen molar-refractivity contribution in [3.05, 3.63) is 36.9 Å². The molecular weight excluding hydrogens is 250 g/mol. The second-order valence-electron chi connectivity index (χ2n) is 4.93. The van der Waals surface area contributed by atoms with Gasteiger partial charge < -0.3 is 4.74 Å². The Balaban J connectivity index is 2.87. The molecule has 0 aliphatic carbocycles. The van der Waals surface area contributed by atoms with E-state index in [0.29, 0.717) is 12.4 Å². The number of sulfonamides is 1. The van der Waals surface area contributed by atoms with Gasteiger partial charge in [-0.15, -0.1) is 0 Å². The zero-order valence-corrected chi connectivity index (χ0v) is 11.8. The van der Waals surface area contributed by atoms with E-state index in [4.69, 9.17) is 4.74 Å². The Hall–Kier alpha value is -1.33. The van der Waals surface area contributed by atoms with Crippen LogP contribution in [0.1, 0.15) is 20.8 Å². The second kappa shape index (κ2) is 5.54. The number of nitrogens with one attached hydrogen (secondary N) is 1. The number of benzene rings is 1. The minimum atomic E-state index is -3.48. The summed E-state index contributed by atoms with van der Waals surface area (Å²) in [5.74, 6) is 0.615. The van der Waals surface area contributed by atoms with Gasteiger partial charge in [0.25, 0.3) is 0 Å². The first-order valence-corrected chi connectivity index (χ1v) is 7.11. The Kier molecular flexibility index (Phi) is 4.53. The lowest BCUT2D eigenvalue weighted by Gasteiger charge is -2.20. The molecule has 0 heterocycles. The Morgan fingerprint density at radius 3 is 2.28 bits per heavy atom. The van der Waals surface area contributed by atoms with E-state index in [-0.39, 0.29) is 4.90 Å². The summed E-state index contributed by atoms with van der Waals surface area (Å²) in [6, 6.07) is 6.29. The molecular formula is C13H19NO3S. The average Bonchev–Trinajstić information content (AvgIpc) is 2.23. The third-order valence-corrected chi connectivity index (χ3v) is 3.72. The molecule has 18 heavy (non-hydrogen) atoms. The lowest BCUT2D eigenvalue weighted by molar-refractivity contribution is 0.363. The van der Waals surface area contributed by atoms with Gasteiger partial charge in [-0.25, -0.2) is 13.1 Å². The topological polar surface area (TPSA) is 55.4 Å². The van der Waals surface area contributed by atoms with Crippen molar-refractivity contribution >= 4 is 10.0 Å². The van der Waals surface area contributed by atoms with Gasteiger partial charge in [0.15, 0.2) is 0 Å². The zero-order chi connectivity index (χ0) is 13.8. The van der Waals surface area contributed by atoms with Crippen molar-refractivity contribution in [2.24, 2.45) is 0 Å². The molecule has 0 radical (unpaired) electrons. The molecule has 0 bridgehead atoms. The van der Waals surface area contributed by atoms with Crippen molar-refractivity contribution in [3.8, 4) is 5.75 Å². The molecule has 100 valence electrons. The Morgan fingerprint density at radius 1 is 1.28 bits per heavy atom. The van der Waals surface area contributed by atoms with Gasteiger partial charge >= 0.3 is 0 Å². The fourth-order valence-corrected chi connectivity index (χ4v) is 2.75. The summed E-state index contributed by atoms with van der Waals surface area (Å²) in [6.07, 6.45) is 1.63. The van der Waals surface area contributed by atoms with Crippen molar-refractivity contribution in [1.82, 2.24) is 4.72 Å². The molecule has 0 unspecified atom stereocenters. The molecule has 0 aliphatic rings. The second-order valence-corrected chi connectivity index (χ2v) is 6.61. The van der Waals surface area contributed by atoms with Crippen molar-refractivity contribution in [2.75, 3.05) is 6.61 Å². The molecule has 4 nitrogen and oxygen atoms in total. The molecule has 0 fully saturated rings. The van der Waals surface area contributed by atoms with Crippen LogP contribution < -0.4 is 9.46 Å². The van der Waals surface area contributed by atoms with Crippen molar-refractivity contribution in [2.45, 2.75) is 31.2 Å². The summed E-state index contributed by atoms with van der Waals surface area (Å²) >= 11 is 0. The van der Waals surface area contributed by atoms with Crippen LogP contribution in [-0.4, -0.2) is 20.6 Å². The number of hydrogen-bond acceptors (Lipinski definition) is 3. The van der Waals surface area contributed by atoms with E-state index in [1.165, 1.54) is 12.1 Å². The van der Waals surface area contributed by atoms with Gasteiger partial charge in [0.1, 0.15) is 12.4 Å². The molecule has 1 N–H and O–H groups in total. The summed E-state index contributed by atoms with van der Waals surface area (Å²) in [4.78, 5) is 0.225. The van der Waals surface area contributed by atoms with E-state index in [9.17, 15) is 8.42 Å². The maximum Gasteiger partial charge on any atom is 0.241 e. The Morgan fingerprint density at radius 2 is 1.83 bits per heavy atom. The fraction of sp³-hybridized carbons (Fsp3) is 0.385. The van der Waals surface area contributed by atoms with Gasteiger partial charge in [-0.1, -0.05) is 12.7 Å². The maximum atomic E-state index is 12.0. The summed E-state index contributed by atoms with van der Waals surface area (Å²) < 4.78 is 31.9. The van der Waals surface area contributed by atoms with E-state index >= 15 is 0 Å². The molecule has 0 aliphatic heterocycles. The van der Waals surface area contributed by atoms with Crippen LogP contribution in [0.5, 0.6) is 5.75 Å². The van der Waals surface area contributed by atoms with Crippen LogP contribution in [0.25, 0.3) is 0 Å². The molecule has 0 aromatic heterocycles. The summed E-state index contributed by atoms with van der Waals surface area (Å²) in [6.45, 7) is 9.33. The summed E-state index contributed by atoms with van der Waals surface area (Å²) in [7, 11) is -3.48. The average molecular weight is 269 g/mol. The largest absolute Gasteiger partial charge is 0.490 e. The lowest BCUT2D eigenvalue weighted by Crippen LogP contribution is -2.40.